The molecule has 0 bridgehead atoms. The average molecular weight is 411 g/mol. The number of allylic oxidation sites excluding steroid dienone is 4. The average Bonchev–Trinajstić information content (AvgIpc) is 3.06. The molecule has 168 valence electrons. The molecule has 0 heterocycles. The molecule has 0 spiro atoms. The molecule has 0 N–H and O–H groups in total. The van der Waals surface area contributed by atoms with Crippen LogP contribution in [0.2, 0.25) is 0 Å². The number of carbonyl (C=O) groups excluding carboxylic acids is 1. The van der Waals surface area contributed by atoms with Crippen molar-refractivity contribution in [3.05, 3.63) is 23.8 Å². The second kappa shape index (κ2) is 8.25. The van der Waals surface area contributed by atoms with E-state index in [9.17, 15) is 4.79 Å². The van der Waals surface area contributed by atoms with Crippen LogP contribution in [0.3, 0.4) is 0 Å². The molecule has 0 saturated heterocycles. The van der Waals surface area contributed by atoms with E-state index in [1.807, 2.05) is 5.57 Å². The van der Waals surface area contributed by atoms with Crippen LogP contribution in [-0.4, -0.2) is 5.78 Å². The Morgan fingerprint density at radius 2 is 1.77 bits per heavy atom. The molecule has 0 unspecified atom stereocenters. The number of hydrogen-bond acceptors (Lipinski definition) is 1. The van der Waals surface area contributed by atoms with Crippen molar-refractivity contribution >= 4 is 5.78 Å². The summed E-state index contributed by atoms with van der Waals surface area (Å²) >= 11 is 0. The van der Waals surface area contributed by atoms with Crippen molar-refractivity contribution < 1.29 is 4.79 Å². The molecule has 0 aliphatic heterocycles. The smallest absolute Gasteiger partial charge is 0.133 e. The molecule has 1 heteroatoms. The quantitative estimate of drug-likeness (QED) is 0.419. The molecular formula is C29H46O. The highest BCUT2D eigenvalue weighted by molar-refractivity contribution is 5.79. The van der Waals surface area contributed by atoms with Crippen LogP contribution in [0.4, 0.5) is 0 Å². The van der Waals surface area contributed by atoms with Gasteiger partial charge < -0.3 is 0 Å². The Hall–Kier alpha value is -0.850. The summed E-state index contributed by atoms with van der Waals surface area (Å²) in [6.45, 7) is 14.7. The third kappa shape index (κ3) is 3.57. The lowest BCUT2D eigenvalue weighted by Gasteiger charge is -2.57. The Kier molecular flexibility index (Phi) is 6.15. The molecule has 8 atom stereocenters. The summed E-state index contributed by atoms with van der Waals surface area (Å²) in [5.41, 5.74) is 2.68. The second-order valence-corrected chi connectivity index (χ2v) is 12.3. The van der Waals surface area contributed by atoms with E-state index in [2.05, 4.69) is 59.8 Å². The standard InChI is InChI=1S/C29H46O/c1-7-21(19(2)3)9-8-20(4)25-12-13-26-24-11-10-22-18-23(30)14-16-28(22,5)27(24)15-17-29(25,26)6/h8-9,11,19-22,25-27H,7,10,12-18H2,1-6H3/t20-,21-,22+,25-,26+,27+,28+,29-/m1/s1. The van der Waals surface area contributed by atoms with Crippen LogP contribution >= 0.6 is 0 Å². The third-order valence-corrected chi connectivity index (χ3v) is 10.6. The van der Waals surface area contributed by atoms with Crippen molar-refractivity contribution in [2.24, 2.45) is 52.3 Å². The summed E-state index contributed by atoms with van der Waals surface area (Å²) in [6.07, 6.45) is 18.5. The Balaban J connectivity index is 1.54. The molecular weight excluding hydrogens is 364 g/mol. The van der Waals surface area contributed by atoms with Gasteiger partial charge in [-0.3, -0.25) is 4.79 Å². The Labute approximate surface area is 186 Å². The van der Waals surface area contributed by atoms with Gasteiger partial charge in [-0.05, 0) is 97.2 Å². The minimum atomic E-state index is 0.383. The highest BCUT2D eigenvalue weighted by Gasteiger charge is 2.58. The van der Waals surface area contributed by atoms with Crippen molar-refractivity contribution in [2.75, 3.05) is 0 Å². The molecule has 0 amide bonds. The number of rotatable bonds is 5. The van der Waals surface area contributed by atoms with Crippen LogP contribution in [0.1, 0.15) is 99.3 Å². The first-order valence-corrected chi connectivity index (χ1v) is 13.1. The van der Waals surface area contributed by atoms with Gasteiger partial charge >= 0.3 is 0 Å². The molecule has 3 saturated carbocycles. The third-order valence-electron chi connectivity index (χ3n) is 10.6. The lowest BCUT2D eigenvalue weighted by atomic mass is 9.48. The van der Waals surface area contributed by atoms with Gasteiger partial charge in [0.25, 0.3) is 0 Å². The van der Waals surface area contributed by atoms with Crippen LogP contribution in [-0.2, 0) is 4.79 Å². The monoisotopic (exact) mass is 410 g/mol. The Morgan fingerprint density at radius 3 is 2.47 bits per heavy atom. The first-order valence-electron chi connectivity index (χ1n) is 13.1. The number of fused-ring (bicyclic) bond motifs is 5. The molecule has 1 nitrogen and oxygen atoms in total. The van der Waals surface area contributed by atoms with E-state index in [0.717, 1.165) is 55.3 Å². The van der Waals surface area contributed by atoms with Gasteiger partial charge in [-0.2, -0.15) is 0 Å². The van der Waals surface area contributed by atoms with Crippen LogP contribution in [0.15, 0.2) is 23.8 Å². The number of hydrogen-bond donors (Lipinski definition) is 0. The number of ketones is 1. The van der Waals surface area contributed by atoms with Crippen LogP contribution in [0.25, 0.3) is 0 Å². The lowest BCUT2D eigenvalue weighted by Crippen LogP contribution is -2.49. The van der Waals surface area contributed by atoms with Crippen LogP contribution < -0.4 is 0 Å². The van der Waals surface area contributed by atoms with E-state index in [1.54, 1.807) is 0 Å². The van der Waals surface area contributed by atoms with Crippen molar-refractivity contribution in [3.63, 3.8) is 0 Å². The zero-order valence-corrected chi connectivity index (χ0v) is 20.5. The van der Waals surface area contributed by atoms with Gasteiger partial charge in [0.2, 0.25) is 0 Å². The van der Waals surface area contributed by atoms with E-state index in [-0.39, 0.29) is 0 Å². The maximum absolute atomic E-state index is 12.1. The normalized spacial score (nSPS) is 43.2. The zero-order chi connectivity index (χ0) is 21.7. The number of Topliss-reactive ketones (excluding diaryl/α,β-unsaturated/α-hetero) is 1. The summed E-state index contributed by atoms with van der Waals surface area (Å²) in [5.74, 6) is 5.63. The fraction of sp³-hybridized carbons (Fsp3) is 0.828. The predicted octanol–water partition coefficient (Wildman–Crippen LogP) is 8.01. The van der Waals surface area contributed by atoms with Gasteiger partial charge in [0.05, 0.1) is 0 Å². The molecule has 4 aliphatic rings. The van der Waals surface area contributed by atoms with Gasteiger partial charge in [0.1, 0.15) is 5.78 Å². The molecule has 0 radical (unpaired) electrons. The number of carbonyl (C=O) groups is 1. The second-order valence-electron chi connectivity index (χ2n) is 12.3. The van der Waals surface area contributed by atoms with Gasteiger partial charge in [-0.1, -0.05) is 65.3 Å². The van der Waals surface area contributed by atoms with E-state index >= 15 is 0 Å². The molecule has 4 rings (SSSR count). The van der Waals surface area contributed by atoms with E-state index < -0.39 is 0 Å². The van der Waals surface area contributed by atoms with Gasteiger partial charge in [0.15, 0.2) is 0 Å². The fourth-order valence-corrected chi connectivity index (χ4v) is 8.49. The first kappa shape index (κ1) is 22.3. The summed E-state index contributed by atoms with van der Waals surface area (Å²) in [6, 6.07) is 0. The maximum Gasteiger partial charge on any atom is 0.133 e. The van der Waals surface area contributed by atoms with Crippen molar-refractivity contribution in [1.29, 1.82) is 0 Å². The van der Waals surface area contributed by atoms with E-state index in [0.29, 0.717) is 28.4 Å². The SMILES string of the molecule is CC[C@H](C=C[C@@H](C)[C@H]1CC[C@H]2C3=CC[C@H]4CC(=O)CC[C@]4(C)[C@H]3CC[C@]12C)C(C)C. The predicted molar refractivity (Wildman–Crippen MR) is 127 cm³/mol. The molecule has 0 aromatic heterocycles. The van der Waals surface area contributed by atoms with Gasteiger partial charge in [0, 0.05) is 12.8 Å². The summed E-state index contributed by atoms with van der Waals surface area (Å²) < 4.78 is 0. The fourth-order valence-electron chi connectivity index (χ4n) is 8.49. The minimum Gasteiger partial charge on any atom is -0.300 e. The molecule has 4 aliphatic carbocycles. The molecule has 0 aromatic carbocycles. The molecule has 3 fully saturated rings. The Morgan fingerprint density at radius 1 is 1.03 bits per heavy atom. The molecule has 30 heavy (non-hydrogen) atoms. The van der Waals surface area contributed by atoms with E-state index in [1.165, 1.54) is 32.1 Å². The topological polar surface area (TPSA) is 17.1 Å². The van der Waals surface area contributed by atoms with Gasteiger partial charge in [-0.25, -0.2) is 0 Å². The lowest BCUT2D eigenvalue weighted by molar-refractivity contribution is -0.127. The minimum absolute atomic E-state index is 0.383. The van der Waals surface area contributed by atoms with Crippen LogP contribution in [0.5, 0.6) is 0 Å². The van der Waals surface area contributed by atoms with Gasteiger partial charge in [-0.15, -0.1) is 0 Å². The first-order chi connectivity index (χ1) is 14.2. The summed E-state index contributed by atoms with van der Waals surface area (Å²) in [7, 11) is 0. The highest BCUT2D eigenvalue weighted by Crippen LogP contribution is 2.66. The highest BCUT2D eigenvalue weighted by atomic mass is 16.1. The van der Waals surface area contributed by atoms with Crippen molar-refractivity contribution in [3.8, 4) is 0 Å². The summed E-state index contributed by atoms with van der Waals surface area (Å²) in [5, 5.41) is 0. The van der Waals surface area contributed by atoms with E-state index in [4.69, 9.17) is 0 Å². The van der Waals surface area contributed by atoms with Crippen molar-refractivity contribution in [2.45, 2.75) is 99.3 Å². The largest absolute Gasteiger partial charge is 0.300 e. The maximum atomic E-state index is 12.1. The molecule has 0 aromatic rings. The summed E-state index contributed by atoms with van der Waals surface area (Å²) in [4.78, 5) is 12.1. The Bertz CT molecular complexity index is 714. The zero-order valence-electron chi connectivity index (χ0n) is 20.5. The van der Waals surface area contributed by atoms with Crippen molar-refractivity contribution in [1.82, 2.24) is 0 Å². The van der Waals surface area contributed by atoms with Crippen LogP contribution in [0, 0.1) is 52.3 Å².